The van der Waals surface area contributed by atoms with E-state index in [0.717, 1.165) is 50.3 Å². The van der Waals surface area contributed by atoms with Crippen molar-refractivity contribution in [3.8, 4) is 0 Å². The predicted molar refractivity (Wildman–Crippen MR) is 163 cm³/mol. The van der Waals surface area contributed by atoms with E-state index in [1.54, 1.807) is 0 Å². The molecule has 2 aliphatic carbocycles. The van der Waals surface area contributed by atoms with Gasteiger partial charge in [-0.15, -0.1) is 0 Å². The number of nitrogens with zero attached hydrogens (tertiary/aromatic N) is 2. The molecule has 0 bridgehead atoms. The van der Waals surface area contributed by atoms with Crippen molar-refractivity contribution in [3.63, 3.8) is 0 Å². The van der Waals surface area contributed by atoms with Gasteiger partial charge >= 0.3 is 0 Å². The van der Waals surface area contributed by atoms with Crippen LogP contribution in [-0.2, 0) is 40.6 Å². The maximum Gasteiger partial charge on any atom is 0.216 e. The number of hydrogen-bond acceptors (Lipinski definition) is 4. The normalized spacial score (nSPS) is 24.0. The molecule has 4 aromatic carbocycles. The van der Waals surface area contributed by atoms with Crippen molar-refractivity contribution in [1.82, 2.24) is 0 Å². The number of benzene rings is 4. The molecular weight excluding hydrogens is 504 g/mol. The van der Waals surface area contributed by atoms with E-state index in [0.29, 0.717) is 13.2 Å². The molecule has 0 saturated carbocycles. The molecule has 41 heavy (non-hydrogen) atoms. The third-order valence-corrected chi connectivity index (χ3v) is 9.41. The SMILES string of the molecule is c1ccc(CC2COC(c3cccc4c3C3(CC4)CCc4cccc(C5=NC(Cc6ccccc6)CO5)c43)=N2)cc1. The Morgan fingerprint density at radius 2 is 1.02 bits per heavy atom. The van der Waals surface area contributed by atoms with Crippen molar-refractivity contribution in [2.75, 3.05) is 13.2 Å². The first kappa shape index (κ1) is 24.6. The van der Waals surface area contributed by atoms with E-state index < -0.39 is 0 Å². The number of aryl methyl sites for hydroxylation is 2. The molecule has 0 aromatic heterocycles. The van der Waals surface area contributed by atoms with E-state index in [4.69, 9.17) is 19.5 Å². The van der Waals surface area contributed by atoms with Crippen LogP contribution in [0.4, 0.5) is 0 Å². The fourth-order valence-corrected chi connectivity index (χ4v) is 7.66. The van der Waals surface area contributed by atoms with Crippen molar-refractivity contribution in [3.05, 3.63) is 142 Å². The minimum Gasteiger partial charge on any atom is -0.475 e. The molecule has 0 saturated heterocycles. The fraction of sp³-hybridized carbons (Fsp3) is 0.297. The number of rotatable bonds is 6. The van der Waals surface area contributed by atoms with Crippen LogP contribution in [0.2, 0.25) is 0 Å². The van der Waals surface area contributed by atoms with Crippen molar-refractivity contribution in [2.45, 2.75) is 56.0 Å². The summed E-state index contributed by atoms with van der Waals surface area (Å²) < 4.78 is 12.7. The van der Waals surface area contributed by atoms with Gasteiger partial charge < -0.3 is 9.47 Å². The maximum absolute atomic E-state index is 6.34. The number of hydrogen-bond donors (Lipinski definition) is 0. The smallest absolute Gasteiger partial charge is 0.216 e. The van der Waals surface area contributed by atoms with E-state index in [-0.39, 0.29) is 17.5 Å². The Bertz CT molecular complexity index is 1530. The molecule has 2 heterocycles. The van der Waals surface area contributed by atoms with E-state index in [2.05, 4.69) is 97.1 Å². The largest absolute Gasteiger partial charge is 0.475 e. The average molecular weight is 539 g/mol. The Labute approximate surface area is 241 Å². The van der Waals surface area contributed by atoms with Gasteiger partial charge in [0.2, 0.25) is 11.8 Å². The molecule has 4 aliphatic rings. The van der Waals surface area contributed by atoms with Gasteiger partial charge in [-0.1, -0.05) is 84.9 Å². The van der Waals surface area contributed by atoms with Crippen LogP contribution >= 0.6 is 0 Å². The molecule has 4 heteroatoms. The number of fused-ring (bicyclic) bond motifs is 4. The fourth-order valence-electron chi connectivity index (χ4n) is 7.66. The molecule has 4 aromatic rings. The van der Waals surface area contributed by atoms with Crippen molar-refractivity contribution in [2.24, 2.45) is 9.98 Å². The quantitative estimate of drug-likeness (QED) is 0.276. The van der Waals surface area contributed by atoms with Crippen LogP contribution in [0.5, 0.6) is 0 Å². The monoisotopic (exact) mass is 538 g/mol. The third-order valence-electron chi connectivity index (χ3n) is 9.41. The second-order valence-electron chi connectivity index (χ2n) is 11.9. The van der Waals surface area contributed by atoms with Crippen molar-refractivity contribution in [1.29, 1.82) is 0 Å². The van der Waals surface area contributed by atoms with E-state index >= 15 is 0 Å². The van der Waals surface area contributed by atoms with Gasteiger partial charge in [0.25, 0.3) is 0 Å². The molecule has 204 valence electrons. The topological polar surface area (TPSA) is 43.2 Å². The molecular formula is C37H34N2O2. The Morgan fingerprint density at radius 3 is 1.49 bits per heavy atom. The number of ether oxygens (including phenoxy) is 2. The molecule has 0 amide bonds. The first-order valence-corrected chi connectivity index (χ1v) is 15.0. The zero-order chi connectivity index (χ0) is 27.2. The highest BCUT2D eigenvalue weighted by molar-refractivity contribution is 6.00. The van der Waals surface area contributed by atoms with Gasteiger partial charge in [-0.25, -0.2) is 9.98 Å². The highest BCUT2D eigenvalue weighted by Gasteiger charge is 2.49. The van der Waals surface area contributed by atoms with Crippen LogP contribution in [0.3, 0.4) is 0 Å². The number of aliphatic imine (C=N–C) groups is 2. The Kier molecular flexibility index (Phi) is 6.02. The van der Waals surface area contributed by atoms with Gasteiger partial charge in [0.05, 0.1) is 12.1 Å². The second-order valence-corrected chi connectivity index (χ2v) is 11.9. The Balaban J connectivity index is 1.16. The van der Waals surface area contributed by atoms with Crippen molar-refractivity contribution < 1.29 is 9.47 Å². The lowest BCUT2D eigenvalue weighted by molar-refractivity contribution is 0.316. The van der Waals surface area contributed by atoms with Gasteiger partial charge in [-0.3, -0.25) is 0 Å². The summed E-state index contributed by atoms with van der Waals surface area (Å²) in [4.78, 5) is 10.3. The standard InChI is InChI=1S/C37H34N2O2/c1-3-9-25(10-4-1)21-29-23-40-35(38-29)31-15-7-13-27-17-19-37(33(27)31)20-18-28-14-8-16-32(34(28)37)36-39-30(24-41-36)22-26-11-5-2-6-12-26/h1-16,29-30H,17-24H2. The Hall–Kier alpha value is -4.18. The van der Waals surface area contributed by atoms with E-state index in [9.17, 15) is 0 Å². The summed E-state index contributed by atoms with van der Waals surface area (Å²) in [6, 6.07) is 35.0. The van der Waals surface area contributed by atoms with Crippen LogP contribution in [0.1, 0.15) is 57.3 Å². The average Bonchev–Trinajstić information content (AvgIpc) is 3.82. The van der Waals surface area contributed by atoms with Gasteiger partial charge in [-0.05, 0) is 84.0 Å². The molecule has 0 N–H and O–H groups in total. The van der Waals surface area contributed by atoms with Gasteiger partial charge in [-0.2, -0.15) is 0 Å². The van der Waals surface area contributed by atoms with Crippen LogP contribution < -0.4 is 0 Å². The van der Waals surface area contributed by atoms with Gasteiger partial charge in [0.1, 0.15) is 13.2 Å². The summed E-state index contributed by atoms with van der Waals surface area (Å²) >= 11 is 0. The third kappa shape index (κ3) is 4.28. The minimum atomic E-state index is -0.0648. The second kappa shape index (κ2) is 10.0. The van der Waals surface area contributed by atoms with Gasteiger partial charge in [0.15, 0.2) is 0 Å². The summed E-state index contributed by atoms with van der Waals surface area (Å²) in [5.74, 6) is 1.62. The summed E-state index contributed by atoms with van der Waals surface area (Å²) in [5, 5.41) is 0. The van der Waals surface area contributed by atoms with Crippen LogP contribution in [0, 0.1) is 0 Å². The van der Waals surface area contributed by atoms with Crippen LogP contribution in [0.25, 0.3) is 0 Å². The molecule has 8 rings (SSSR count). The minimum absolute atomic E-state index is 0.0648. The highest BCUT2D eigenvalue weighted by Crippen LogP contribution is 2.55. The molecule has 2 atom stereocenters. The van der Waals surface area contributed by atoms with Crippen LogP contribution in [-0.4, -0.2) is 37.1 Å². The summed E-state index contributed by atoms with van der Waals surface area (Å²) in [5.41, 5.74) is 10.6. The first-order valence-electron chi connectivity index (χ1n) is 15.0. The lowest BCUT2D eigenvalue weighted by atomic mass is 9.73. The molecule has 0 radical (unpaired) electrons. The molecule has 2 unspecified atom stereocenters. The van der Waals surface area contributed by atoms with Gasteiger partial charge in [0, 0.05) is 16.5 Å². The van der Waals surface area contributed by atoms with E-state index in [1.807, 2.05) is 0 Å². The van der Waals surface area contributed by atoms with Crippen LogP contribution in [0.15, 0.2) is 107 Å². The maximum atomic E-state index is 6.34. The molecule has 2 aliphatic heterocycles. The summed E-state index contributed by atoms with van der Waals surface area (Å²) in [7, 11) is 0. The summed E-state index contributed by atoms with van der Waals surface area (Å²) in [6.07, 6.45) is 6.15. The molecule has 0 fully saturated rings. The molecule has 4 nitrogen and oxygen atoms in total. The van der Waals surface area contributed by atoms with E-state index in [1.165, 1.54) is 44.5 Å². The first-order chi connectivity index (χ1) is 20.3. The lowest BCUT2D eigenvalue weighted by Crippen LogP contribution is -2.27. The highest BCUT2D eigenvalue weighted by atomic mass is 16.5. The lowest BCUT2D eigenvalue weighted by Gasteiger charge is -2.30. The van der Waals surface area contributed by atoms with Crippen molar-refractivity contribution >= 4 is 11.8 Å². The zero-order valence-corrected chi connectivity index (χ0v) is 23.3. The predicted octanol–water partition coefficient (Wildman–Crippen LogP) is 6.64. The zero-order valence-electron chi connectivity index (χ0n) is 23.3. The molecule has 1 spiro atoms. The Morgan fingerprint density at radius 1 is 0.561 bits per heavy atom. The summed E-state index contributed by atoms with van der Waals surface area (Å²) in [6.45, 7) is 1.27.